The molecule has 1 N–H and O–H groups in total. The van der Waals surface area contributed by atoms with E-state index < -0.39 is 0 Å². The fourth-order valence-electron chi connectivity index (χ4n) is 2.53. The van der Waals surface area contributed by atoms with Gasteiger partial charge in [0.25, 0.3) is 0 Å². The van der Waals surface area contributed by atoms with E-state index in [0.29, 0.717) is 0 Å². The zero-order valence-electron chi connectivity index (χ0n) is 11.5. The molecule has 1 fully saturated rings. The van der Waals surface area contributed by atoms with Gasteiger partial charge in [0.1, 0.15) is 5.75 Å². The summed E-state index contributed by atoms with van der Waals surface area (Å²) in [6, 6.07) is 8.33. The van der Waals surface area contributed by atoms with Gasteiger partial charge in [-0.05, 0) is 37.3 Å². The summed E-state index contributed by atoms with van der Waals surface area (Å²) in [5.41, 5.74) is 1.16. The maximum atomic E-state index is 5.93. The van der Waals surface area contributed by atoms with E-state index in [0.717, 1.165) is 36.9 Å². The van der Waals surface area contributed by atoms with Crippen LogP contribution in [0.2, 0.25) is 0 Å². The molecule has 0 radical (unpaired) electrons. The van der Waals surface area contributed by atoms with Crippen molar-refractivity contribution in [2.24, 2.45) is 5.92 Å². The summed E-state index contributed by atoms with van der Waals surface area (Å²) in [7, 11) is 0. The summed E-state index contributed by atoms with van der Waals surface area (Å²) in [4.78, 5) is 0. The van der Waals surface area contributed by atoms with Gasteiger partial charge in [0.2, 0.25) is 0 Å². The van der Waals surface area contributed by atoms with Crippen LogP contribution in [0.5, 0.6) is 5.75 Å². The molecular weight excluding hydrogens is 222 g/mol. The van der Waals surface area contributed by atoms with Gasteiger partial charge < -0.3 is 10.1 Å². The molecule has 1 saturated carbocycles. The highest BCUT2D eigenvalue weighted by molar-refractivity contribution is 5.48. The van der Waals surface area contributed by atoms with E-state index in [-0.39, 0.29) is 0 Å². The second-order valence-corrected chi connectivity index (χ2v) is 5.27. The topological polar surface area (TPSA) is 21.3 Å². The van der Waals surface area contributed by atoms with Crippen molar-refractivity contribution < 1.29 is 4.74 Å². The third-order valence-corrected chi connectivity index (χ3v) is 3.62. The van der Waals surface area contributed by atoms with Gasteiger partial charge in [-0.25, -0.2) is 0 Å². The summed E-state index contributed by atoms with van der Waals surface area (Å²) in [5, 5.41) is 3.39. The lowest BCUT2D eigenvalue weighted by molar-refractivity contribution is 0.209. The zero-order valence-corrected chi connectivity index (χ0v) is 11.5. The van der Waals surface area contributed by atoms with Crippen molar-refractivity contribution in [1.82, 2.24) is 0 Å². The molecule has 0 amide bonds. The number of hydrogen-bond acceptors (Lipinski definition) is 2. The van der Waals surface area contributed by atoms with E-state index in [9.17, 15) is 0 Å². The van der Waals surface area contributed by atoms with Crippen molar-refractivity contribution in [3.8, 4) is 5.75 Å². The van der Waals surface area contributed by atoms with Gasteiger partial charge in [0, 0.05) is 18.3 Å². The molecule has 1 aliphatic rings. The van der Waals surface area contributed by atoms with E-state index >= 15 is 0 Å². The van der Waals surface area contributed by atoms with E-state index in [1.807, 2.05) is 0 Å². The predicted molar refractivity (Wildman–Crippen MR) is 77.3 cm³/mol. The fraction of sp³-hybridized carbons (Fsp3) is 0.625. The Morgan fingerprint density at radius 3 is 2.83 bits per heavy atom. The normalized spacial score (nSPS) is 16.5. The van der Waals surface area contributed by atoms with Gasteiger partial charge in [-0.15, -0.1) is 0 Å². The molecule has 1 aliphatic carbocycles. The number of hydrogen-bond donors (Lipinski definition) is 1. The van der Waals surface area contributed by atoms with Gasteiger partial charge >= 0.3 is 0 Å². The summed E-state index contributed by atoms with van der Waals surface area (Å²) in [6.45, 7) is 4.08. The van der Waals surface area contributed by atoms with E-state index in [1.165, 1.54) is 32.1 Å². The Bertz CT molecular complexity index is 345. The first-order chi connectivity index (χ1) is 8.88. The predicted octanol–water partition coefficient (Wildman–Crippen LogP) is 4.47. The van der Waals surface area contributed by atoms with Crippen molar-refractivity contribution in [3.05, 3.63) is 24.3 Å². The Morgan fingerprint density at radius 1 is 1.22 bits per heavy atom. The van der Waals surface area contributed by atoms with Crippen LogP contribution in [0.1, 0.15) is 45.4 Å². The Balaban J connectivity index is 1.80. The van der Waals surface area contributed by atoms with Crippen molar-refractivity contribution in [3.63, 3.8) is 0 Å². The molecule has 1 aromatic carbocycles. The number of rotatable bonds is 6. The lowest BCUT2D eigenvalue weighted by Crippen LogP contribution is -2.15. The third-order valence-electron chi connectivity index (χ3n) is 3.62. The Hall–Kier alpha value is -1.18. The van der Waals surface area contributed by atoms with Gasteiger partial charge in [0.15, 0.2) is 0 Å². The third kappa shape index (κ3) is 4.25. The quantitative estimate of drug-likeness (QED) is 0.801. The van der Waals surface area contributed by atoms with Gasteiger partial charge in [0.05, 0.1) is 6.61 Å². The maximum absolute atomic E-state index is 5.93. The number of anilines is 1. The second-order valence-electron chi connectivity index (χ2n) is 5.27. The van der Waals surface area contributed by atoms with E-state index in [1.54, 1.807) is 0 Å². The minimum atomic E-state index is 0.769. The maximum Gasteiger partial charge on any atom is 0.121 e. The van der Waals surface area contributed by atoms with Crippen LogP contribution < -0.4 is 10.1 Å². The molecule has 2 rings (SSSR count). The standard InChI is InChI=1S/C16H25NO/c1-2-11-17-15-9-6-10-16(12-15)18-13-14-7-4-3-5-8-14/h6,9-10,12,14,17H,2-5,7-8,11,13H2,1H3. The summed E-state index contributed by atoms with van der Waals surface area (Å²) in [5.74, 6) is 1.77. The molecule has 0 aliphatic heterocycles. The molecule has 100 valence electrons. The van der Waals surface area contributed by atoms with E-state index in [4.69, 9.17) is 4.74 Å². The SMILES string of the molecule is CCCNc1cccc(OCC2CCCCC2)c1. The Labute approximate surface area is 111 Å². The van der Waals surface area contributed by atoms with Crippen molar-refractivity contribution in [1.29, 1.82) is 0 Å². The second kappa shape index (κ2) is 7.30. The first-order valence-electron chi connectivity index (χ1n) is 7.35. The van der Waals surface area contributed by atoms with Crippen molar-refractivity contribution in [2.45, 2.75) is 45.4 Å². The highest BCUT2D eigenvalue weighted by Gasteiger charge is 2.13. The van der Waals surface area contributed by atoms with Crippen LogP contribution in [0.3, 0.4) is 0 Å². The molecule has 0 aromatic heterocycles. The van der Waals surface area contributed by atoms with Crippen LogP contribution in [-0.2, 0) is 0 Å². The highest BCUT2D eigenvalue weighted by atomic mass is 16.5. The van der Waals surface area contributed by atoms with Crippen molar-refractivity contribution in [2.75, 3.05) is 18.5 Å². The first kappa shape index (κ1) is 13.3. The van der Waals surface area contributed by atoms with Gasteiger partial charge in [-0.1, -0.05) is 32.3 Å². The molecule has 0 unspecified atom stereocenters. The molecule has 2 nitrogen and oxygen atoms in total. The molecule has 0 spiro atoms. The zero-order chi connectivity index (χ0) is 12.6. The molecule has 2 heteroatoms. The molecule has 1 aromatic rings. The van der Waals surface area contributed by atoms with Crippen LogP contribution in [0.4, 0.5) is 5.69 Å². The Kier molecular flexibility index (Phi) is 5.37. The average Bonchev–Trinajstić information content (AvgIpc) is 2.44. The van der Waals surface area contributed by atoms with Crippen molar-refractivity contribution >= 4 is 5.69 Å². The molecule has 0 atom stereocenters. The molecule has 0 heterocycles. The Morgan fingerprint density at radius 2 is 2.06 bits per heavy atom. The smallest absolute Gasteiger partial charge is 0.121 e. The van der Waals surface area contributed by atoms with Gasteiger partial charge in [-0.3, -0.25) is 0 Å². The van der Waals surface area contributed by atoms with E-state index in [2.05, 4.69) is 36.5 Å². The molecule has 0 bridgehead atoms. The minimum Gasteiger partial charge on any atom is -0.493 e. The van der Waals surface area contributed by atoms with Crippen LogP contribution >= 0.6 is 0 Å². The van der Waals surface area contributed by atoms with Crippen LogP contribution in [0, 0.1) is 5.92 Å². The fourth-order valence-corrected chi connectivity index (χ4v) is 2.53. The van der Waals surface area contributed by atoms with Crippen LogP contribution in [-0.4, -0.2) is 13.2 Å². The molecule has 18 heavy (non-hydrogen) atoms. The lowest BCUT2D eigenvalue weighted by atomic mass is 9.90. The summed E-state index contributed by atoms with van der Waals surface area (Å²) >= 11 is 0. The number of ether oxygens (including phenoxy) is 1. The number of benzene rings is 1. The average molecular weight is 247 g/mol. The van der Waals surface area contributed by atoms with Gasteiger partial charge in [-0.2, -0.15) is 0 Å². The largest absolute Gasteiger partial charge is 0.493 e. The lowest BCUT2D eigenvalue weighted by Gasteiger charge is -2.21. The molecular formula is C16H25NO. The monoisotopic (exact) mass is 247 g/mol. The summed E-state index contributed by atoms with van der Waals surface area (Å²) < 4.78 is 5.93. The van der Waals surface area contributed by atoms with Crippen LogP contribution in [0.15, 0.2) is 24.3 Å². The summed E-state index contributed by atoms with van der Waals surface area (Å²) in [6.07, 6.45) is 8.00. The number of nitrogens with one attached hydrogen (secondary N) is 1. The van der Waals surface area contributed by atoms with Crippen LogP contribution in [0.25, 0.3) is 0 Å². The molecule has 0 saturated heterocycles. The highest BCUT2D eigenvalue weighted by Crippen LogP contribution is 2.25. The first-order valence-corrected chi connectivity index (χ1v) is 7.35. The minimum absolute atomic E-state index is 0.769.